The number of hydrogen-bond acceptors (Lipinski definition) is 5. The quantitative estimate of drug-likeness (QED) is 0.756. The highest BCUT2D eigenvalue weighted by atomic mass is 35.5. The normalized spacial score (nSPS) is 18.8. The Hall–Kier alpha value is -1.44. The maximum absolute atomic E-state index is 13.0. The molecule has 2 aliphatic rings. The molecular weight excluding hydrogens is 408 g/mol. The van der Waals surface area contributed by atoms with Gasteiger partial charge in [0.05, 0.1) is 15.3 Å². The van der Waals surface area contributed by atoms with Crippen LogP contribution in [0.3, 0.4) is 0 Å². The predicted molar refractivity (Wildman–Crippen MR) is 117 cm³/mol. The van der Waals surface area contributed by atoms with Crippen LogP contribution in [-0.2, 0) is 7.05 Å². The molecule has 1 spiro atoms. The van der Waals surface area contributed by atoms with E-state index in [4.69, 9.17) is 17.3 Å². The highest BCUT2D eigenvalue weighted by molar-refractivity contribution is 7.99. The van der Waals surface area contributed by atoms with Gasteiger partial charge in [-0.1, -0.05) is 48.3 Å². The fourth-order valence-corrected chi connectivity index (χ4v) is 5.97. The van der Waals surface area contributed by atoms with Crippen LogP contribution in [0.5, 0.6) is 0 Å². The van der Waals surface area contributed by atoms with Crippen LogP contribution in [0.15, 0.2) is 32.8 Å². The molecule has 1 aliphatic heterocycles. The molecule has 0 unspecified atom stereocenters. The highest BCUT2D eigenvalue weighted by Crippen LogP contribution is 2.46. The second-order valence-electron chi connectivity index (χ2n) is 7.90. The summed E-state index contributed by atoms with van der Waals surface area (Å²) in [6.45, 7) is 1.87. The molecule has 1 aromatic carbocycles. The molecule has 1 saturated carbocycles. The first-order chi connectivity index (χ1) is 13.4. The molecule has 5 nitrogen and oxygen atoms in total. The van der Waals surface area contributed by atoms with Gasteiger partial charge in [0.15, 0.2) is 0 Å². The van der Waals surface area contributed by atoms with Crippen molar-refractivity contribution in [1.82, 2.24) is 9.55 Å². The van der Waals surface area contributed by atoms with Gasteiger partial charge in [-0.15, -0.1) is 0 Å². The zero-order valence-electron chi connectivity index (χ0n) is 16.0. The second-order valence-corrected chi connectivity index (χ2v) is 9.87. The van der Waals surface area contributed by atoms with Crippen molar-refractivity contribution in [3.63, 3.8) is 0 Å². The van der Waals surface area contributed by atoms with Crippen LogP contribution >= 0.6 is 23.4 Å². The number of aromatic nitrogens is 2. The average molecular weight is 432 g/mol. The standard InChI is InChI=1S/C20H24ClN4OSSi/c1-24-18(26)16(27-13-5-4-6-14(28)15(13)21)17(22)23-19(24)25-11-9-20(10-12-25)7-2-3-8-20/h4-6H,2-3,7-12,22H2,1H3. The van der Waals surface area contributed by atoms with Gasteiger partial charge in [0, 0.05) is 25.0 Å². The molecule has 147 valence electrons. The van der Waals surface area contributed by atoms with Gasteiger partial charge in [-0.05, 0) is 42.4 Å². The minimum atomic E-state index is -0.135. The lowest BCUT2D eigenvalue weighted by molar-refractivity contribution is 0.225. The summed E-state index contributed by atoms with van der Waals surface area (Å²) in [4.78, 5) is 21.0. The van der Waals surface area contributed by atoms with Crippen molar-refractivity contribution in [2.24, 2.45) is 12.5 Å². The minimum absolute atomic E-state index is 0.135. The molecule has 1 saturated heterocycles. The summed E-state index contributed by atoms with van der Waals surface area (Å²) in [5.74, 6) is 0.930. The van der Waals surface area contributed by atoms with Crippen LogP contribution in [0, 0.1) is 5.41 Å². The molecular formula is C20H24ClN4OSSi. The van der Waals surface area contributed by atoms with E-state index < -0.39 is 0 Å². The van der Waals surface area contributed by atoms with E-state index in [9.17, 15) is 4.79 Å². The van der Waals surface area contributed by atoms with Crippen molar-refractivity contribution in [3.8, 4) is 0 Å². The summed E-state index contributed by atoms with van der Waals surface area (Å²) >= 11 is 7.62. The van der Waals surface area contributed by atoms with Crippen LogP contribution < -0.4 is 21.4 Å². The largest absolute Gasteiger partial charge is 0.382 e. The zero-order valence-corrected chi connectivity index (χ0v) is 18.6. The average Bonchev–Trinajstić information content (AvgIpc) is 3.14. The number of halogens is 1. The summed E-state index contributed by atoms with van der Waals surface area (Å²) in [7, 11) is 5.25. The molecule has 8 heteroatoms. The molecule has 1 aliphatic carbocycles. The minimum Gasteiger partial charge on any atom is -0.382 e. The lowest BCUT2D eigenvalue weighted by atomic mass is 9.77. The Labute approximate surface area is 178 Å². The first-order valence-corrected chi connectivity index (χ1v) is 11.4. The summed E-state index contributed by atoms with van der Waals surface area (Å²) < 4.78 is 1.62. The van der Waals surface area contributed by atoms with Crippen molar-refractivity contribution in [1.29, 1.82) is 0 Å². The Bertz CT molecular complexity index is 948. The van der Waals surface area contributed by atoms with Crippen molar-refractivity contribution in [2.75, 3.05) is 23.7 Å². The third-order valence-electron chi connectivity index (χ3n) is 6.20. The van der Waals surface area contributed by atoms with Gasteiger partial charge in [0.2, 0.25) is 5.95 Å². The first kappa shape index (κ1) is 19.9. The van der Waals surface area contributed by atoms with E-state index in [1.807, 2.05) is 18.2 Å². The Balaban J connectivity index is 1.60. The second kappa shape index (κ2) is 7.76. The van der Waals surface area contributed by atoms with Crippen molar-refractivity contribution >= 4 is 50.6 Å². The third-order valence-corrected chi connectivity index (χ3v) is 8.44. The summed E-state index contributed by atoms with van der Waals surface area (Å²) in [6.07, 6.45) is 7.75. The van der Waals surface area contributed by atoms with Crippen LogP contribution in [-0.4, -0.2) is 32.9 Å². The van der Waals surface area contributed by atoms with Crippen LogP contribution in [0.1, 0.15) is 38.5 Å². The van der Waals surface area contributed by atoms with Crippen molar-refractivity contribution in [2.45, 2.75) is 48.3 Å². The fourth-order valence-electron chi connectivity index (χ4n) is 4.47. The number of nitrogens with two attached hydrogens (primary N) is 1. The molecule has 0 amide bonds. The maximum atomic E-state index is 13.0. The molecule has 2 heterocycles. The molecule has 2 fully saturated rings. The summed E-state index contributed by atoms with van der Waals surface area (Å²) in [5, 5.41) is 1.34. The van der Waals surface area contributed by atoms with E-state index in [0.717, 1.165) is 23.2 Å². The van der Waals surface area contributed by atoms with Gasteiger partial charge in [-0.2, -0.15) is 4.98 Å². The molecule has 0 bridgehead atoms. The topological polar surface area (TPSA) is 64.2 Å². The van der Waals surface area contributed by atoms with E-state index in [1.54, 1.807) is 11.6 Å². The Morgan fingerprint density at radius 3 is 2.57 bits per heavy atom. The van der Waals surface area contributed by atoms with E-state index in [0.29, 0.717) is 21.3 Å². The number of hydrogen-bond donors (Lipinski definition) is 1. The smallest absolute Gasteiger partial charge is 0.270 e. The lowest BCUT2D eigenvalue weighted by Gasteiger charge is -2.40. The van der Waals surface area contributed by atoms with Gasteiger partial charge < -0.3 is 10.6 Å². The van der Waals surface area contributed by atoms with Crippen LogP contribution in [0.4, 0.5) is 11.8 Å². The monoisotopic (exact) mass is 431 g/mol. The third kappa shape index (κ3) is 3.60. The van der Waals surface area contributed by atoms with Crippen LogP contribution in [0.2, 0.25) is 5.02 Å². The van der Waals surface area contributed by atoms with Crippen molar-refractivity contribution in [3.05, 3.63) is 33.6 Å². The van der Waals surface area contributed by atoms with Gasteiger partial charge in [0.25, 0.3) is 5.56 Å². The fraction of sp³-hybridized carbons (Fsp3) is 0.500. The first-order valence-electron chi connectivity index (χ1n) is 9.70. The summed E-state index contributed by atoms with van der Waals surface area (Å²) in [5.41, 5.74) is 6.61. The molecule has 28 heavy (non-hydrogen) atoms. The maximum Gasteiger partial charge on any atom is 0.270 e. The Kier molecular flexibility index (Phi) is 5.50. The number of nitrogens with zero attached hydrogens (tertiary/aromatic N) is 3. The number of benzene rings is 1. The molecule has 2 N–H and O–H groups in total. The molecule has 4 rings (SSSR count). The molecule has 2 aromatic rings. The van der Waals surface area contributed by atoms with Gasteiger partial charge in [0.1, 0.15) is 10.7 Å². The number of rotatable bonds is 3. The van der Waals surface area contributed by atoms with E-state index >= 15 is 0 Å². The van der Waals surface area contributed by atoms with Crippen LogP contribution in [0.25, 0.3) is 0 Å². The van der Waals surface area contributed by atoms with E-state index in [2.05, 4.69) is 20.1 Å². The van der Waals surface area contributed by atoms with Gasteiger partial charge in [-0.25, -0.2) is 0 Å². The van der Waals surface area contributed by atoms with Gasteiger partial charge in [-0.3, -0.25) is 9.36 Å². The lowest BCUT2D eigenvalue weighted by Crippen LogP contribution is -2.42. The van der Waals surface area contributed by atoms with Gasteiger partial charge >= 0.3 is 0 Å². The highest BCUT2D eigenvalue weighted by Gasteiger charge is 2.37. The number of piperidine rings is 1. The zero-order chi connectivity index (χ0) is 19.9. The van der Waals surface area contributed by atoms with Crippen molar-refractivity contribution < 1.29 is 0 Å². The summed E-state index contributed by atoms with van der Waals surface area (Å²) in [6, 6.07) is 5.61. The van der Waals surface area contributed by atoms with E-state index in [1.165, 1.54) is 50.3 Å². The Morgan fingerprint density at radius 1 is 1.21 bits per heavy atom. The number of nitrogen functional groups attached to an aromatic ring is 1. The molecule has 0 atom stereocenters. The number of anilines is 2. The molecule has 3 radical (unpaired) electrons. The Morgan fingerprint density at radius 2 is 1.89 bits per heavy atom. The van der Waals surface area contributed by atoms with E-state index in [-0.39, 0.29) is 11.4 Å². The SMILES string of the molecule is Cn1c(N2CCC3(CCCC3)CC2)nc(N)c(Sc2cccc([Si])c2Cl)c1=O. The predicted octanol–water partition coefficient (Wildman–Crippen LogP) is 3.12. The molecule has 1 aromatic heterocycles.